The first-order chi connectivity index (χ1) is 11.8. The first kappa shape index (κ1) is 17.7. The van der Waals surface area contributed by atoms with Crippen molar-refractivity contribution in [2.24, 2.45) is 11.4 Å². The van der Waals surface area contributed by atoms with Crippen LogP contribution in [0, 0.1) is 0 Å². The monoisotopic (exact) mass is 396 g/mol. The molecule has 0 aliphatic rings. The van der Waals surface area contributed by atoms with E-state index in [1.807, 2.05) is 0 Å². The fraction of sp³-hybridized carbons (Fsp3) is 0.125. The zero-order chi connectivity index (χ0) is 18.2. The van der Waals surface area contributed by atoms with E-state index in [9.17, 15) is 13.2 Å². The minimum Gasteiger partial charge on any atom is -0.465 e. The van der Waals surface area contributed by atoms with E-state index >= 15 is 0 Å². The Balaban J connectivity index is 2.14. The Morgan fingerprint density at radius 3 is 2.52 bits per heavy atom. The Labute approximate surface area is 153 Å². The zero-order valence-corrected chi connectivity index (χ0v) is 15.7. The summed E-state index contributed by atoms with van der Waals surface area (Å²) in [6.45, 7) is 0. The van der Waals surface area contributed by atoms with Crippen LogP contribution in [-0.2, 0) is 21.8 Å². The first-order valence-corrected chi connectivity index (χ1v) is 9.70. The number of carbonyl (C=O) groups excluding carboxylic acids is 1. The summed E-state index contributed by atoms with van der Waals surface area (Å²) in [5.74, 6) is -0.453. The Bertz CT molecular complexity index is 1130. The van der Waals surface area contributed by atoms with E-state index < -0.39 is 16.0 Å². The number of aromatic nitrogens is 1. The summed E-state index contributed by atoms with van der Waals surface area (Å²) in [6, 6.07) is 10.8. The van der Waals surface area contributed by atoms with Crippen LogP contribution >= 0.6 is 22.9 Å². The van der Waals surface area contributed by atoms with Crippen molar-refractivity contribution < 1.29 is 17.9 Å². The van der Waals surface area contributed by atoms with E-state index in [4.69, 9.17) is 16.3 Å². The number of methoxy groups -OCH3 is 1. The van der Waals surface area contributed by atoms with Gasteiger partial charge in [0.05, 0.1) is 27.8 Å². The van der Waals surface area contributed by atoms with Crippen molar-refractivity contribution in [2.75, 3.05) is 7.11 Å². The maximum absolute atomic E-state index is 12.5. The standard InChI is InChI=1S/C16H13ClN2O4S2/c1-19-13-8-3-10(15(20)23-2)9-14(13)24-16(19)18-25(21,22)12-6-4-11(17)5-7-12/h3-9H,1-2H3/b18-16-. The third-order valence-electron chi connectivity index (χ3n) is 3.54. The Morgan fingerprint density at radius 1 is 1.20 bits per heavy atom. The normalized spacial score (nSPS) is 12.5. The minimum absolute atomic E-state index is 0.0598. The van der Waals surface area contributed by atoms with E-state index in [1.165, 1.54) is 42.7 Å². The van der Waals surface area contributed by atoms with Gasteiger partial charge in [0.15, 0.2) is 0 Å². The van der Waals surface area contributed by atoms with Gasteiger partial charge in [0.2, 0.25) is 4.80 Å². The second kappa shape index (κ2) is 6.62. The molecule has 0 saturated heterocycles. The van der Waals surface area contributed by atoms with Gasteiger partial charge in [-0.1, -0.05) is 22.9 Å². The van der Waals surface area contributed by atoms with Crippen LogP contribution in [0.1, 0.15) is 10.4 Å². The number of benzene rings is 2. The number of halogens is 1. The number of hydrogen-bond acceptors (Lipinski definition) is 5. The van der Waals surface area contributed by atoms with Crippen LogP contribution < -0.4 is 4.80 Å². The molecule has 1 aromatic heterocycles. The summed E-state index contributed by atoms with van der Waals surface area (Å²) in [4.78, 5) is 12.0. The molecular formula is C16H13ClN2O4S2. The summed E-state index contributed by atoms with van der Waals surface area (Å²) in [5, 5.41) is 0.446. The molecule has 25 heavy (non-hydrogen) atoms. The van der Waals surface area contributed by atoms with Gasteiger partial charge < -0.3 is 9.30 Å². The molecule has 0 atom stereocenters. The SMILES string of the molecule is COC(=O)c1ccc2c(c1)s/c(=N\S(=O)(=O)c1ccc(Cl)cc1)n2C. The molecule has 0 N–H and O–H groups in total. The highest BCUT2D eigenvalue weighted by Crippen LogP contribution is 2.20. The second-order valence-corrected chi connectivity index (χ2v) is 8.19. The number of fused-ring (bicyclic) bond motifs is 1. The van der Waals surface area contributed by atoms with E-state index in [1.54, 1.807) is 29.8 Å². The average Bonchev–Trinajstić information content (AvgIpc) is 2.89. The van der Waals surface area contributed by atoms with E-state index in [2.05, 4.69) is 4.40 Å². The molecule has 0 saturated carbocycles. The second-order valence-electron chi connectivity index (χ2n) is 5.14. The highest BCUT2D eigenvalue weighted by atomic mass is 35.5. The van der Waals surface area contributed by atoms with Crippen LogP contribution in [0.5, 0.6) is 0 Å². The van der Waals surface area contributed by atoms with Gasteiger partial charge in [0.1, 0.15) is 0 Å². The molecule has 0 bridgehead atoms. The molecule has 0 unspecified atom stereocenters. The number of sulfonamides is 1. The first-order valence-electron chi connectivity index (χ1n) is 7.06. The van der Waals surface area contributed by atoms with Crippen LogP contribution in [-0.4, -0.2) is 26.1 Å². The number of ether oxygens (including phenoxy) is 1. The highest BCUT2D eigenvalue weighted by molar-refractivity contribution is 7.90. The van der Waals surface area contributed by atoms with Gasteiger partial charge in [-0.15, -0.1) is 4.40 Å². The molecule has 0 aliphatic carbocycles. The van der Waals surface area contributed by atoms with Crippen LogP contribution in [0.25, 0.3) is 10.2 Å². The predicted molar refractivity (Wildman–Crippen MR) is 96.3 cm³/mol. The molecule has 3 rings (SSSR count). The number of hydrogen-bond donors (Lipinski definition) is 0. The van der Waals surface area contributed by atoms with Crippen molar-refractivity contribution in [3.63, 3.8) is 0 Å². The molecule has 1 heterocycles. The Kier molecular flexibility index (Phi) is 4.68. The molecule has 0 fully saturated rings. The van der Waals surface area contributed by atoms with Crippen molar-refractivity contribution in [1.82, 2.24) is 4.57 Å². The zero-order valence-electron chi connectivity index (χ0n) is 13.3. The lowest BCUT2D eigenvalue weighted by molar-refractivity contribution is 0.0601. The minimum atomic E-state index is -3.87. The molecule has 3 aromatic rings. The van der Waals surface area contributed by atoms with Crippen LogP contribution in [0.15, 0.2) is 51.8 Å². The van der Waals surface area contributed by atoms with Gasteiger partial charge in [0.25, 0.3) is 10.0 Å². The van der Waals surface area contributed by atoms with Gasteiger partial charge in [-0.3, -0.25) is 0 Å². The molecule has 2 aromatic carbocycles. The van der Waals surface area contributed by atoms with Crippen LogP contribution in [0.2, 0.25) is 5.02 Å². The molecule has 0 amide bonds. The molecule has 130 valence electrons. The quantitative estimate of drug-likeness (QED) is 0.637. The van der Waals surface area contributed by atoms with Gasteiger partial charge in [-0.2, -0.15) is 8.42 Å². The maximum atomic E-state index is 12.5. The molecule has 0 radical (unpaired) electrons. The smallest absolute Gasteiger partial charge is 0.337 e. The lowest BCUT2D eigenvalue weighted by atomic mass is 10.2. The largest absolute Gasteiger partial charge is 0.465 e. The number of carbonyl (C=O) groups is 1. The molecule has 6 nitrogen and oxygen atoms in total. The fourth-order valence-corrected chi connectivity index (χ4v) is 4.64. The summed E-state index contributed by atoms with van der Waals surface area (Å²) in [7, 11) is -0.846. The third-order valence-corrected chi connectivity index (χ3v) is 6.28. The summed E-state index contributed by atoms with van der Waals surface area (Å²) < 4.78 is 36.0. The van der Waals surface area contributed by atoms with Crippen LogP contribution in [0.3, 0.4) is 0 Å². The van der Waals surface area contributed by atoms with Gasteiger partial charge in [-0.25, -0.2) is 4.79 Å². The summed E-state index contributed by atoms with van der Waals surface area (Å²) in [6.07, 6.45) is 0. The Morgan fingerprint density at radius 2 is 1.88 bits per heavy atom. The summed E-state index contributed by atoms with van der Waals surface area (Å²) >= 11 is 6.96. The summed E-state index contributed by atoms with van der Waals surface area (Å²) in [5.41, 5.74) is 1.16. The van der Waals surface area contributed by atoms with Gasteiger partial charge >= 0.3 is 5.97 Å². The topological polar surface area (TPSA) is 77.7 Å². The number of rotatable bonds is 3. The number of nitrogens with zero attached hydrogens (tertiary/aromatic N) is 2. The van der Waals surface area contributed by atoms with Crippen molar-refractivity contribution in [3.05, 3.63) is 57.9 Å². The third kappa shape index (κ3) is 3.46. The van der Waals surface area contributed by atoms with E-state index in [-0.39, 0.29) is 4.90 Å². The maximum Gasteiger partial charge on any atom is 0.337 e. The molecular weight excluding hydrogens is 384 g/mol. The van der Waals surface area contributed by atoms with Crippen molar-refractivity contribution in [1.29, 1.82) is 0 Å². The molecule has 9 heteroatoms. The number of aryl methyl sites for hydroxylation is 1. The lowest BCUT2D eigenvalue weighted by Crippen LogP contribution is -2.13. The fourth-order valence-electron chi connectivity index (χ4n) is 2.23. The molecule has 0 spiro atoms. The van der Waals surface area contributed by atoms with Crippen molar-refractivity contribution in [3.8, 4) is 0 Å². The Hall–Kier alpha value is -2.16. The predicted octanol–water partition coefficient (Wildman–Crippen LogP) is 2.97. The lowest BCUT2D eigenvalue weighted by Gasteiger charge is -2.00. The van der Waals surface area contributed by atoms with Gasteiger partial charge in [-0.05, 0) is 42.5 Å². The molecule has 0 aliphatic heterocycles. The van der Waals surface area contributed by atoms with Crippen molar-refractivity contribution in [2.45, 2.75) is 4.90 Å². The van der Waals surface area contributed by atoms with Gasteiger partial charge in [0, 0.05) is 12.1 Å². The van der Waals surface area contributed by atoms with E-state index in [0.717, 1.165) is 10.2 Å². The van der Waals surface area contributed by atoms with E-state index in [0.29, 0.717) is 15.4 Å². The van der Waals surface area contributed by atoms with Crippen molar-refractivity contribution >= 4 is 49.1 Å². The van der Waals surface area contributed by atoms with Crippen LogP contribution in [0.4, 0.5) is 0 Å². The number of thiazole rings is 1. The highest BCUT2D eigenvalue weighted by Gasteiger charge is 2.15. The number of esters is 1. The average molecular weight is 397 g/mol.